The van der Waals surface area contributed by atoms with E-state index in [1.165, 1.54) is 0 Å². The van der Waals surface area contributed by atoms with Crippen LogP contribution in [0.15, 0.2) is 30.9 Å². The highest BCUT2D eigenvalue weighted by Gasteiger charge is 2.09. The van der Waals surface area contributed by atoms with Gasteiger partial charge < -0.3 is 20.9 Å². The fourth-order valence-corrected chi connectivity index (χ4v) is 1.48. The summed E-state index contributed by atoms with van der Waals surface area (Å²) in [4.78, 5) is 0. The highest BCUT2D eigenvalue weighted by molar-refractivity contribution is 5.47. The maximum atomic E-state index is 5.63. The lowest BCUT2D eigenvalue weighted by molar-refractivity contribution is 0.276. The first-order valence-electron chi connectivity index (χ1n) is 5.72. The number of ether oxygens (including phenoxy) is 2. The molecule has 94 valence electrons. The minimum atomic E-state index is 0.465. The van der Waals surface area contributed by atoms with Crippen molar-refractivity contribution in [3.63, 3.8) is 0 Å². The van der Waals surface area contributed by atoms with E-state index in [9.17, 15) is 0 Å². The van der Waals surface area contributed by atoms with Crippen molar-refractivity contribution in [2.45, 2.75) is 6.42 Å². The molecule has 0 atom stereocenters. The summed E-state index contributed by atoms with van der Waals surface area (Å²) in [6.07, 6.45) is 2.57. The summed E-state index contributed by atoms with van der Waals surface area (Å²) in [5.41, 5.74) is 11.9. The first-order chi connectivity index (χ1) is 8.33. The minimum absolute atomic E-state index is 0.465. The van der Waals surface area contributed by atoms with Crippen LogP contribution in [0.1, 0.15) is 5.56 Å². The molecular weight excluding hydrogens is 216 g/mol. The summed E-state index contributed by atoms with van der Waals surface area (Å²) < 4.78 is 11.2. The third-order valence-corrected chi connectivity index (χ3v) is 2.16. The van der Waals surface area contributed by atoms with Gasteiger partial charge in [0, 0.05) is 18.7 Å². The Kier molecular flexibility index (Phi) is 6.14. The van der Waals surface area contributed by atoms with Crippen LogP contribution >= 0.6 is 0 Å². The monoisotopic (exact) mass is 236 g/mol. The van der Waals surface area contributed by atoms with Crippen LogP contribution in [0.3, 0.4) is 0 Å². The summed E-state index contributed by atoms with van der Waals surface area (Å²) in [5.74, 6) is 1.45. The summed E-state index contributed by atoms with van der Waals surface area (Å²) in [6.45, 7) is 5.61. The fourth-order valence-electron chi connectivity index (χ4n) is 1.48. The van der Waals surface area contributed by atoms with Crippen LogP contribution in [0.5, 0.6) is 11.5 Å². The largest absolute Gasteiger partial charge is 0.488 e. The highest BCUT2D eigenvalue weighted by Crippen LogP contribution is 2.31. The van der Waals surface area contributed by atoms with E-state index in [1.54, 1.807) is 0 Å². The van der Waals surface area contributed by atoms with Crippen LogP contribution in [-0.4, -0.2) is 26.3 Å². The third-order valence-electron chi connectivity index (χ3n) is 2.16. The Hall–Kier alpha value is -1.52. The number of benzene rings is 1. The fraction of sp³-hybridized carbons (Fsp3) is 0.385. The van der Waals surface area contributed by atoms with Gasteiger partial charge in [-0.05, 0) is 12.5 Å². The van der Waals surface area contributed by atoms with Crippen LogP contribution in [-0.2, 0) is 6.42 Å². The molecule has 0 spiro atoms. The first kappa shape index (κ1) is 13.5. The predicted molar refractivity (Wildman–Crippen MR) is 69.4 cm³/mol. The lowest BCUT2D eigenvalue weighted by Crippen LogP contribution is -2.14. The van der Waals surface area contributed by atoms with Gasteiger partial charge in [-0.25, -0.2) is 0 Å². The summed E-state index contributed by atoms with van der Waals surface area (Å²) >= 11 is 0. The van der Waals surface area contributed by atoms with Crippen molar-refractivity contribution >= 4 is 0 Å². The minimum Gasteiger partial charge on any atom is -0.488 e. The van der Waals surface area contributed by atoms with E-state index >= 15 is 0 Å². The van der Waals surface area contributed by atoms with Crippen molar-refractivity contribution in [3.8, 4) is 11.5 Å². The van der Waals surface area contributed by atoms with Crippen molar-refractivity contribution in [1.82, 2.24) is 0 Å². The average Bonchev–Trinajstić information content (AvgIpc) is 2.35. The summed E-state index contributed by atoms with van der Waals surface area (Å²) in [5, 5.41) is 0. The SMILES string of the molecule is C=CCc1cccc(OCCN)c1OCCN. The van der Waals surface area contributed by atoms with Crippen LogP contribution in [0.2, 0.25) is 0 Å². The number of allylic oxidation sites excluding steroid dienone is 1. The van der Waals surface area contributed by atoms with Crippen molar-refractivity contribution < 1.29 is 9.47 Å². The predicted octanol–water partition coefficient (Wildman–Crippen LogP) is 1.09. The standard InChI is InChI=1S/C13H20N2O2/c1-2-4-11-5-3-6-12(16-9-7-14)13(11)17-10-8-15/h2-3,5-6H,1,4,7-10,14-15H2. The molecule has 0 aliphatic heterocycles. The number of hydrogen-bond donors (Lipinski definition) is 2. The molecule has 0 saturated heterocycles. The molecule has 4 N–H and O–H groups in total. The van der Waals surface area contributed by atoms with Crippen molar-refractivity contribution in [2.24, 2.45) is 11.5 Å². The van der Waals surface area contributed by atoms with Gasteiger partial charge in [0.25, 0.3) is 0 Å². The van der Waals surface area contributed by atoms with Gasteiger partial charge in [-0.15, -0.1) is 6.58 Å². The van der Waals surface area contributed by atoms with Crippen LogP contribution in [0.4, 0.5) is 0 Å². The van der Waals surface area contributed by atoms with E-state index in [1.807, 2.05) is 24.3 Å². The van der Waals surface area contributed by atoms with Crippen LogP contribution in [0, 0.1) is 0 Å². The molecule has 0 fully saturated rings. The lowest BCUT2D eigenvalue weighted by atomic mass is 10.1. The number of hydrogen-bond acceptors (Lipinski definition) is 4. The molecule has 0 heterocycles. The molecule has 0 bridgehead atoms. The highest BCUT2D eigenvalue weighted by atomic mass is 16.5. The second kappa shape index (κ2) is 7.70. The van der Waals surface area contributed by atoms with Crippen molar-refractivity contribution in [1.29, 1.82) is 0 Å². The molecule has 0 aliphatic carbocycles. The van der Waals surface area contributed by atoms with Gasteiger partial charge in [-0.1, -0.05) is 18.2 Å². The van der Waals surface area contributed by atoms with E-state index in [0.717, 1.165) is 17.7 Å². The second-order valence-corrected chi connectivity index (χ2v) is 3.51. The molecule has 0 unspecified atom stereocenters. The molecule has 4 nitrogen and oxygen atoms in total. The Balaban J connectivity index is 2.91. The zero-order valence-electron chi connectivity index (χ0n) is 10.0. The molecule has 4 heteroatoms. The van der Waals surface area contributed by atoms with Gasteiger partial charge in [0.05, 0.1) is 0 Å². The van der Waals surface area contributed by atoms with Gasteiger partial charge >= 0.3 is 0 Å². The first-order valence-corrected chi connectivity index (χ1v) is 5.72. The molecular formula is C13H20N2O2. The van der Waals surface area contributed by atoms with Gasteiger partial charge in [-0.3, -0.25) is 0 Å². The molecule has 1 aromatic carbocycles. The number of rotatable bonds is 8. The number of para-hydroxylation sites is 1. The Morgan fingerprint density at radius 2 is 1.82 bits per heavy atom. The quantitative estimate of drug-likeness (QED) is 0.663. The average molecular weight is 236 g/mol. The molecule has 17 heavy (non-hydrogen) atoms. The Labute approximate surface area is 102 Å². The molecule has 0 aromatic heterocycles. The van der Waals surface area contributed by atoms with Crippen LogP contribution in [0.25, 0.3) is 0 Å². The molecule has 0 saturated carbocycles. The molecule has 1 rings (SSSR count). The number of nitrogens with two attached hydrogens (primary N) is 2. The zero-order valence-corrected chi connectivity index (χ0v) is 10.0. The van der Waals surface area contributed by atoms with Crippen molar-refractivity contribution in [3.05, 3.63) is 36.4 Å². The Morgan fingerprint density at radius 3 is 2.47 bits per heavy atom. The van der Waals surface area contributed by atoms with Crippen molar-refractivity contribution in [2.75, 3.05) is 26.3 Å². The van der Waals surface area contributed by atoms with Gasteiger partial charge in [0.15, 0.2) is 11.5 Å². The van der Waals surface area contributed by atoms with E-state index < -0.39 is 0 Å². The topological polar surface area (TPSA) is 70.5 Å². The smallest absolute Gasteiger partial charge is 0.164 e. The van der Waals surface area contributed by atoms with E-state index in [-0.39, 0.29) is 0 Å². The van der Waals surface area contributed by atoms with Gasteiger partial charge in [-0.2, -0.15) is 0 Å². The molecule has 0 amide bonds. The molecule has 1 aromatic rings. The second-order valence-electron chi connectivity index (χ2n) is 3.51. The molecule has 0 radical (unpaired) electrons. The van der Waals surface area contributed by atoms with Gasteiger partial charge in [0.1, 0.15) is 13.2 Å². The van der Waals surface area contributed by atoms with E-state index in [4.69, 9.17) is 20.9 Å². The zero-order chi connectivity index (χ0) is 12.5. The maximum Gasteiger partial charge on any atom is 0.164 e. The molecule has 0 aliphatic rings. The summed E-state index contributed by atoms with van der Waals surface area (Å²) in [6, 6.07) is 5.79. The normalized spacial score (nSPS) is 10.0. The van der Waals surface area contributed by atoms with E-state index in [2.05, 4.69) is 6.58 Å². The van der Waals surface area contributed by atoms with Crippen LogP contribution < -0.4 is 20.9 Å². The van der Waals surface area contributed by atoms with E-state index in [0.29, 0.717) is 32.1 Å². The summed E-state index contributed by atoms with van der Waals surface area (Å²) in [7, 11) is 0. The Bertz CT molecular complexity index is 353. The third kappa shape index (κ3) is 4.09. The van der Waals surface area contributed by atoms with Gasteiger partial charge in [0.2, 0.25) is 0 Å². The maximum absolute atomic E-state index is 5.63. The Morgan fingerprint density at radius 1 is 1.12 bits per heavy atom. The lowest BCUT2D eigenvalue weighted by Gasteiger charge is -2.15.